The molecule has 0 spiro atoms. The lowest BCUT2D eigenvalue weighted by Crippen LogP contribution is -2.11. The molecule has 0 heterocycles. The van der Waals surface area contributed by atoms with E-state index in [1.54, 1.807) is 0 Å². The largest absolute Gasteiger partial charge is 0.310 e. The maximum atomic E-state index is 2.42. The van der Waals surface area contributed by atoms with Gasteiger partial charge in [0, 0.05) is 16.9 Å². The van der Waals surface area contributed by atoms with Crippen LogP contribution in [0.5, 0.6) is 0 Å². The van der Waals surface area contributed by atoms with Crippen molar-refractivity contribution in [3.63, 3.8) is 0 Å². The number of benzene rings is 10. The first-order valence-electron chi connectivity index (χ1n) is 18.3. The molecule has 0 radical (unpaired) electrons. The molecular formula is C52H35N. The van der Waals surface area contributed by atoms with Gasteiger partial charge in [0.15, 0.2) is 0 Å². The molecule has 0 bridgehead atoms. The number of fused-ring (bicyclic) bond motifs is 6. The van der Waals surface area contributed by atoms with Gasteiger partial charge in [-0.05, 0) is 113 Å². The Kier molecular flexibility index (Phi) is 7.55. The Bertz CT molecular complexity index is 2940. The van der Waals surface area contributed by atoms with Crippen LogP contribution in [-0.4, -0.2) is 0 Å². The molecule has 0 unspecified atom stereocenters. The minimum Gasteiger partial charge on any atom is -0.310 e. The van der Waals surface area contributed by atoms with E-state index in [1.165, 1.54) is 76.5 Å². The van der Waals surface area contributed by atoms with Crippen LogP contribution < -0.4 is 4.90 Å². The molecule has 1 heteroatoms. The molecule has 0 atom stereocenters. The summed E-state index contributed by atoms with van der Waals surface area (Å²) >= 11 is 0. The SMILES string of the molecule is c1ccc(-c2ccc(N(c3cccc(-c4cc5ccc6ccccc6c5c5ccccc45)c3)c3ccccc3-c3ccc4ccccc4c3)cc2)cc1. The summed E-state index contributed by atoms with van der Waals surface area (Å²) in [7, 11) is 0. The minimum absolute atomic E-state index is 1.10. The van der Waals surface area contributed by atoms with E-state index in [1.807, 2.05) is 0 Å². The number of para-hydroxylation sites is 1. The van der Waals surface area contributed by atoms with Gasteiger partial charge in [0.2, 0.25) is 0 Å². The van der Waals surface area contributed by atoms with Crippen LogP contribution in [0.2, 0.25) is 0 Å². The highest BCUT2D eigenvalue weighted by Crippen LogP contribution is 2.44. The Morgan fingerprint density at radius 1 is 0.264 bits per heavy atom. The fraction of sp³-hybridized carbons (Fsp3) is 0. The molecule has 0 saturated heterocycles. The van der Waals surface area contributed by atoms with E-state index in [9.17, 15) is 0 Å². The van der Waals surface area contributed by atoms with Crippen LogP contribution in [0.15, 0.2) is 212 Å². The zero-order chi connectivity index (χ0) is 35.1. The molecule has 0 aliphatic carbocycles. The number of hydrogen-bond acceptors (Lipinski definition) is 1. The molecule has 0 aliphatic rings. The Morgan fingerprint density at radius 2 is 0.849 bits per heavy atom. The Morgan fingerprint density at radius 3 is 1.70 bits per heavy atom. The van der Waals surface area contributed by atoms with Crippen molar-refractivity contribution in [1.82, 2.24) is 0 Å². The second kappa shape index (κ2) is 13.0. The van der Waals surface area contributed by atoms with Gasteiger partial charge in [-0.25, -0.2) is 0 Å². The standard InChI is InChI=1S/C52H35N/c1-2-13-36(14-3-1)38-29-31-44(32-30-38)53(51-24-11-10-20-46(51)42-27-25-37-15-4-5-17-40(37)33-42)45-19-12-18-41(34-45)50-35-43-28-26-39-16-6-7-21-47(39)52(43)49-23-9-8-22-48(49)50/h1-35H. The number of rotatable bonds is 6. The Labute approximate surface area is 309 Å². The second-order valence-corrected chi connectivity index (χ2v) is 13.7. The van der Waals surface area contributed by atoms with Gasteiger partial charge in [0.25, 0.3) is 0 Å². The van der Waals surface area contributed by atoms with Crippen LogP contribution >= 0.6 is 0 Å². The first-order chi connectivity index (χ1) is 26.3. The summed E-state index contributed by atoms with van der Waals surface area (Å²) in [5.41, 5.74) is 10.5. The van der Waals surface area contributed by atoms with Gasteiger partial charge in [0.1, 0.15) is 0 Å². The molecule has 53 heavy (non-hydrogen) atoms. The Hall–Kier alpha value is -6.96. The molecule has 0 fully saturated rings. The van der Waals surface area contributed by atoms with Crippen molar-refractivity contribution in [2.24, 2.45) is 0 Å². The lowest BCUT2D eigenvalue weighted by Gasteiger charge is -2.28. The summed E-state index contributed by atoms with van der Waals surface area (Å²) in [6.07, 6.45) is 0. The third kappa shape index (κ3) is 5.51. The van der Waals surface area contributed by atoms with Crippen molar-refractivity contribution in [2.75, 3.05) is 4.90 Å². The highest BCUT2D eigenvalue weighted by atomic mass is 15.1. The molecule has 0 aromatic heterocycles. The topological polar surface area (TPSA) is 3.24 Å². The molecule has 1 nitrogen and oxygen atoms in total. The van der Waals surface area contributed by atoms with Crippen molar-refractivity contribution >= 4 is 60.2 Å². The lowest BCUT2D eigenvalue weighted by molar-refractivity contribution is 1.28. The van der Waals surface area contributed by atoms with Crippen LogP contribution in [0.3, 0.4) is 0 Å². The first-order valence-corrected chi connectivity index (χ1v) is 18.3. The summed E-state index contributed by atoms with van der Waals surface area (Å²) in [5, 5.41) is 10.1. The average molecular weight is 674 g/mol. The van der Waals surface area contributed by atoms with Crippen molar-refractivity contribution in [3.8, 4) is 33.4 Å². The molecule has 10 rings (SSSR count). The maximum Gasteiger partial charge on any atom is 0.0540 e. The Balaban J connectivity index is 1.17. The quantitative estimate of drug-likeness (QED) is 0.159. The van der Waals surface area contributed by atoms with Crippen molar-refractivity contribution in [2.45, 2.75) is 0 Å². The van der Waals surface area contributed by atoms with E-state index in [-0.39, 0.29) is 0 Å². The highest BCUT2D eigenvalue weighted by Gasteiger charge is 2.19. The molecule has 10 aromatic rings. The number of anilines is 3. The zero-order valence-corrected chi connectivity index (χ0v) is 29.2. The van der Waals surface area contributed by atoms with Gasteiger partial charge in [-0.15, -0.1) is 0 Å². The van der Waals surface area contributed by atoms with Crippen molar-refractivity contribution < 1.29 is 0 Å². The normalized spacial score (nSPS) is 11.4. The maximum absolute atomic E-state index is 2.42. The van der Waals surface area contributed by atoms with Crippen molar-refractivity contribution in [1.29, 1.82) is 0 Å². The van der Waals surface area contributed by atoms with Gasteiger partial charge in [0.05, 0.1) is 5.69 Å². The van der Waals surface area contributed by atoms with E-state index in [0.29, 0.717) is 0 Å². The van der Waals surface area contributed by atoms with Crippen LogP contribution in [-0.2, 0) is 0 Å². The summed E-state index contributed by atoms with van der Waals surface area (Å²) in [6.45, 7) is 0. The van der Waals surface area contributed by atoms with Crippen LogP contribution in [0.4, 0.5) is 17.1 Å². The molecule has 0 saturated carbocycles. The summed E-state index contributed by atoms with van der Waals surface area (Å²) in [4.78, 5) is 2.42. The summed E-state index contributed by atoms with van der Waals surface area (Å²) in [5.74, 6) is 0. The number of nitrogens with zero attached hydrogens (tertiary/aromatic N) is 1. The molecular weight excluding hydrogens is 639 g/mol. The van der Waals surface area contributed by atoms with Gasteiger partial charge in [-0.3, -0.25) is 0 Å². The molecule has 0 aliphatic heterocycles. The zero-order valence-electron chi connectivity index (χ0n) is 29.2. The molecule has 248 valence electrons. The van der Waals surface area contributed by atoms with E-state index >= 15 is 0 Å². The smallest absolute Gasteiger partial charge is 0.0540 e. The first kappa shape index (κ1) is 30.8. The van der Waals surface area contributed by atoms with Gasteiger partial charge >= 0.3 is 0 Å². The van der Waals surface area contributed by atoms with Gasteiger partial charge < -0.3 is 4.90 Å². The van der Waals surface area contributed by atoms with E-state index < -0.39 is 0 Å². The second-order valence-electron chi connectivity index (χ2n) is 13.7. The van der Waals surface area contributed by atoms with Gasteiger partial charge in [-0.2, -0.15) is 0 Å². The minimum atomic E-state index is 1.10. The molecule has 0 N–H and O–H groups in total. The lowest BCUT2D eigenvalue weighted by atomic mass is 9.90. The molecule has 10 aromatic carbocycles. The fourth-order valence-electron chi connectivity index (χ4n) is 8.06. The van der Waals surface area contributed by atoms with E-state index in [4.69, 9.17) is 0 Å². The summed E-state index contributed by atoms with van der Waals surface area (Å²) < 4.78 is 0. The predicted molar refractivity (Wildman–Crippen MR) is 227 cm³/mol. The third-order valence-corrected chi connectivity index (χ3v) is 10.6. The van der Waals surface area contributed by atoms with E-state index in [2.05, 4.69) is 217 Å². The highest BCUT2D eigenvalue weighted by molar-refractivity contribution is 6.23. The van der Waals surface area contributed by atoms with Crippen LogP contribution in [0.25, 0.3) is 76.5 Å². The average Bonchev–Trinajstić information content (AvgIpc) is 3.24. The van der Waals surface area contributed by atoms with Gasteiger partial charge in [-0.1, -0.05) is 170 Å². The van der Waals surface area contributed by atoms with Crippen LogP contribution in [0.1, 0.15) is 0 Å². The monoisotopic (exact) mass is 673 g/mol. The third-order valence-electron chi connectivity index (χ3n) is 10.6. The summed E-state index contributed by atoms with van der Waals surface area (Å²) in [6, 6.07) is 77.3. The van der Waals surface area contributed by atoms with Crippen molar-refractivity contribution in [3.05, 3.63) is 212 Å². The van der Waals surface area contributed by atoms with Crippen LogP contribution in [0, 0.1) is 0 Å². The fourth-order valence-corrected chi connectivity index (χ4v) is 8.06. The predicted octanol–water partition coefficient (Wildman–Crippen LogP) is 14.8. The van der Waals surface area contributed by atoms with E-state index in [0.717, 1.165) is 17.1 Å². The molecule has 0 amide bonds. The number of hydrogen-bond donors (Lipinski definition) is 0.